The number of nitrogens with one attached hydrogen (secondary N) is 2. The molecule has 0 aliphatic carbocycles. The van der Waals surface area contributed by atoms with Gasteiger partial charge >= 0.3 is 0 Å². The zero-order valence-corrected chi connectivity index (χ0v) is 22.0. The Labute approximate surface area is 217 Å². The van der Waals surface area contributed by atoms with Gasteiger partial charge in [-0.1, -0.05) is 48.5 Å². The molecule has 0 unspecified atom stereocenters. The Balaban J connectivity index is 1.48. The maximum absolute atomic E-state index is 13.1. The number of benzene rings is 4. The molecule has 4 aromatic carbocycles. The molecule has 2 N–H and O–H groups in total. The average Bonchev–Trinajstić information content (AvgIpc) is 2.84. The molecule has 0 radical (unpaired) electrons. The zero-order valence-electron chi connectivity index (χ0n) is 20.4. The summed E-state index contributed by atoms with van der Waals surface area (Å²) in [6.45, 7) is 5.55. The van der Waals surface area contributed by atoms with Crippen LogP contribution in [0.25, 0.3) is 0 Å². The summed E-state index contributed by atoms with van der Waals surface area (Å²) < 4.78 is 28.8. The Hall–Kier alpha value is -3.55. The molecule has 0 saturated heterocycles. The van der Waals surface area contributed by atoms with Crippen molar-refractivity contribution in [3.05, 3.63) is 119 Å². The van der Waals surface area contributed by atoms with Crippen LogP contribution in [0.2, 0.25) is 0 Å². The van der Waals surface area contributed by atoms with Crippen LogP contribution in [0.5, 0.6) is 0 Å². The van der Waals surface area contributed by atoms with Gasteiger partial charge in [0.1, 0.15) is 0 Å². The molecule has 0 aliphatic heterocycles. The molecule has 0 aromatic heterocycles. The van der Waals surface area contributed by atoms with E-state index in [-0.39, 0.29) is 16.4 Å². The maximum Gasteiger partial charge on any atom is 0.262 e. The van der Waals surface area contributed by atoms with Crippen molar-refractivity contribution in [2.24, 2.45) is 0 Å². The van der Waals surface area contributed by atoms with Crippen molar-refractivity contribution in [1.82, 2.24) is 0 Å². The molecule has 1 amide bonds. The molecule has 184 valence electrons. The number of amides is 1. The molecule has 36 heavy (non-hydrogen) atoms. The van der Waals surface area contributed by atoms with Crippen LogP contribution < -0.4 is 10.0 Å². The molecule has 4 rings (SSSR count). The van der Waals surface area contributed by atoms with E-state index in [2.05, 4.69) is 28.2 Å². The van der Waals surface area contributed by atoms with E-state index < -0.39 is 10.0 Å². The highest BCUT2D eigenvalue weighted by molar-refractivity contribution is 7.98. The molecular weight excluding hydrogens is 488 g/mol. The third kappa shape index (κ3) is 6.36. The standard InChI is InChI=1S/C29H28N2O3S2/c1-20-8-7-9-25(16-20)31-36(33,34)28-18-24(14-12-21(28)2)29(32)30-27-15-13-23(17-22(27)3)19-35-26-10-5-4-6-11-26/h4-18,31H,19H2,1-3H3,(H,30,32). The molecule has 0 atom stereocenters. The van der Waals surface area contributed by atoms with Crippen LogP contribution in [0.3, 0.4) is 0 Å². The fourth-order valence-corrected chi connectivity index (χ4v) is 5.97. The van der Waals surface area contributed by atoms with Crippen molar-refractivity contribution in [3.63, 3.8) is 0 Å². The Bertz CT molecular complexity index is 1500. The van der Waals surface area contributed by atoms with Crippen LogP contribution in [0, 0.1) is 20.8 Å². The lowest BCUT2D eigenvalue weighted by Crippen LogP contribution is -2.17. The number of anilines is 2. The second-order valence-corrected chi connectivity index (χ2v) is 11.4. The monoisotopic (exact) mass is 516 g/mol. The number of rotatable bonds is 8. The van der Waals surface area contributed by atoms with Crippen molar-refractivity contribution in [2.45, 2.75) is 36.3 Å². The Morgan fingerprint density at radius 3 is 2.31 bits per heavy atom. The van der Waals surface area contributed by atoms with Gasteiger partial charge in [0.15, 0.2) is 0 Å². The normalized spacial score (nSPS) is 11.2. The van der Waals surface area contributed by atoms with E-state index in [9.17, 15) is 13.2 Å². The van der Waals surface area contributed by atoms with E-state index in [1.165, 1.54) is 11.0 Å². The van der Waals surface area contributed by atoms with Crippen molar-refractivity contribution in [1.29, 1.82) is 0 Å². The van der Waals surface area contributed by atoms with Gasteiger partial charge in [-0.25, -0.2) is 8.42 Å². The highest BCUT2D eigenvalue weighted by Crippen LogP contribution is 2.26. The quantitative estimate of drug-likeness (QED) is 0.248. The van der Waals surface area contributed by atoms with E-state index in [0.717, 1.165) is 22.4 Å². The Morgan fingerprint density at radius 1 is 0.806 bits per heavy atom. The van der Waals surface area contributed by atoms with E-state index in [0.29, 0.717) is 16.9 Å². The molecular formula is C29H28N2O3S2. The van der Waals surface area contributed by atoms with E-state index >= 15 is 0 Å². The summed E-state index contributed by atoms with van der Waals surface area (Å²) in [7, 11) is -3.87. The molecule has 0 aliphatic rings. The lowest BCUT2D eigenvalue weighted by atomic mass is 10.1. The highest BCUT2D eigenvalue weighted by Gasteiger charge is 2.20. The fraction of sp³-hybridized carbons (Fsp3) is 0.138. The molecule has 0 saturated carbocycles. The second kappa shape index (κ2) is 11.0. The van der Waals surface area contributed by atoms with Crippen LogP contribution in [-0.2, 0) is 15.8 Å². The predicted octanol–water partition coefficient (Wildman–Crippen LogP) is 6.96. The lowest BCUT2D eigenvalue weighted by Gasteiger charge is -2.14. The maximum atomic E-state index is 13.1. The van der Waals surface area contributed by atoms with Gasteiger partial charge in [0, 0.05) is 27.6 Å². The average molecular weight is 517 g/mol. The largest absolute Gasteiger partial charge is 0.322 e. The third-order valence-electron chi connectivity index (χ3n) is 5.70. The summed E-state index contributed by atoms with van der Waals surface area (Å²) in [5.41, 5.74) is 5.04. The minimum Gasteiger partial charge on any atom is -0.322 e. The zero-order chi connectivity index (χ0) is 25.7. The van der Waals surface area contributed by atoms with Gasteiger partial charge in [0.05, 0.1) is 4.90 Å². The summed E-state index contributed by atoms with van der Waals surface area (Å²) >= 11 is 1.76. The summed E-state index contributed by atoms with van der Waals surface area (Å²) in [5.74, 6) is 0.461. The van der Waals surface area contributed by atoms with Gasteiger partial charge < -0.3 is 5.32 Å². The first-order valence-electron chi connectivity index (χ1n) is 11.5. The van der Waals surface area contributed by atoms with Crippen LogP contribution >= 0.6 is 11.8 Å². The summed E-state index contributed by atoms with van der Waals surface area (Å²) in [6, 6.07) is 28.0. The second-order valence-electron chi connectivity index (χ2n) is 8.66. The molecule has 0 bridgehead atoms. The lowest BCUT2D eigenvalue weighted by molar-refractivity contribution is 0.102. The van der Waals surface area contributed by atoms with Crippen molar-refractivity contribution < 1.29 is 13.2 Å². The van der Waals surface area contributed by atoms with Crippen molar-refractivity contribution >= 4 is 39.1 Å². The van der Waals surface area contributed by atoms with Crippen molar-refractivity contribution in [3.8, 4) is 0 Å². The predicted molar refractivity (Wildman–Crippen MR) is 148 cm³/mol. The van der Waals surface area contributed by atoms with E-state index in [4.69, 9.17) is 0 Å². The van der Waals surface area contributed by atoms with Gasteiger partial charge in [0.2, 0.25) is 0 Å². The fourth-order valence-electron chi connectivity index (χ4n) is 3.78. The molecule has 0 fully saturated rings. The third-order valence-corrected chi connectivity index (χ3v) is 8.30. The van der Waals surface area contributed by atoms with Crippen LogP contribution in [-0.4, -0.2) is 14.3 Å². The number of carbonyl (C=O) groups is 1. The van der Waals surface area contributed by atoms with Crippen LogP contribution in [0.1, 0.15) is 32.6 Å². The molecule has 0 heterocycles. The van der Waals surface area contributed by atoms with Gasteiger partial charge in [-0.05, 0) is 85.5 Å². The number of hydrogen-bond acceptors (Lipinski definition) is 4. The van der Waals surface area contributed by atoms with Crippen LogP contribution in [0.4, 0.5) is 11.4 Å². The minimum absolute atomic E-state index is 0.0710. The number of hydrogen-bond donors (Lipinski definition) is 2. The number of thioether (sulfide) groups is 1. The van der Waals surface area contributed by atoms with Crippen molar-refractivity contribution in [2.75, 3.05) is 10.0 Å². The first kappa shape index (κ1) is 25.5. The van der Waals surface area contributed by atoms with Gasteiger partial charge in [-0.15, -0.1) is 11.8 Å². The summed E-state index contributed by atoms with van der Waals surface area (Å²) in [4.78, 5) is 14.3. The number of carbonyl (C=O) groups excluding carboxylic acids is 1. The highest BCUT2D eigenvalue weighted by atomic mass is 32.2. The first-order valence-corrected chi connectivity index (χ1v) is 14.0. The Kier molecular flexibility index (Phi) is 7.82. The van der Waals surface area contributed by atoms with Gasteiger partial charge in [-0.3, -0.25) is 9.52 Å². The summed E-state index contributed by atoms with van der Waals surface area (Å²) in [5, 5.41) is 2.92. The van der Waals surface area contributed by atoms with E-state index in [1.807, 2.05) is 50.2 Å². The number of sulfonamides is 1. The first-order chi connectivity index (χ1) is 17.2. The van der Waals surface area contributed by atoms with Crippen LogP contribution in [0.15, 0.2) is 101 Å². The molecule has 0 spiro atoms. The Morgan fingerprint density at radius 2 is 1.58 bits per heavy atom. The molecule has 4 aromatic rings. The minimum atomic E-state index is -3.87. The molecule has 5 nitrogen and oxygen atoms in total. The topological polar surface area (TPSA) is 75.3 Å². The van der Waals surface area contributed by atoms with Gasteiger partial charge in [-0.2, -0.15) is 0 Å². The summed E-state index contributed by atoms with van der Waals surface area (Å²) in [6.07, 6.45) is 0. The number of aryl methyl sites for hydroxylation is 3. The smallest absolute Gasteiger partial charge is 0.262 e. The molecule has 7 heteroatoms. The van der Waals surface area contributed by atoms with Gasteiger partial charge in [0.25, 0.3) is 15.9 Å². The SMILES string of the molecule is Cc1cccc(NS(=O)(=O)c2cc(C(=O)Nc3ccc(CSc4ccccc4)cc3C)ccc2C)c1. The van der Waals surface area contributed by atoms with E-state index in [1.54, 1.807) is 49.0 Å².